The van der Waals surface area contributed by atoms with Gasteiger partial charge in [-0.15, -0.1) is 0 Å². The van der Waals surface area contributed by atoms with Crippen molar-refractivity contribution in [3.63, 3.8) is 0 Å². The Balaban J connectivity index is 2.17. The van der Waals surface area contributed by atoms with Gasteiger partial charge >= 0.3 is 0 Å². The van der Waals surface area contributed by atoms with Gasteiger partial charge in [0.15, 0.2) is 0 Å². The van der Waals surface area contributed by atoms with Gasteiger partial charge in [-0.05, 0) is 59.9 Å². The molecule has 5 nitrogen and oxygen atoms in total. The van der Waals surface area contributed by atoms with Gasteiger partial charge in [-0.2, -0.15) is 0 Å². The first-order chi connectivity index (χ1) is 9.92. The number of halogens is 1. The summed E-state index contributed by atoms with van der Waals surface area (Å²) in [7, 11) is -0.0933. The van der Waals surface area contributed by atoms with Gasteiger partial charge < -0.3 is 10.1 Å². The van der Waals surface area contributed by atoms with Crippen LogP contribution in [0.1, 0.15) is 24.8 Å². The van der Waals surface area contributed by atoms with E-state index in [4.69, 9.17) is 4.74 Å². The number of nitrogens with one attached hydrogen (secondary N) is 2. The third kappa shape index (κ3) is 3.84. The summed E-state index contributed by atoms with van der Waals surface area (Å²) in [5.74, 6) is 0. The van der Waals surface area contributed by atoms with Crippen LogP contribution < -0.4 is 10.0 Å². The molecule has 0 aliphatic heterocycles. The topological polar surface area (TPSA) is 67.4 Å². The van der Waals surface area contributed by atoms with Gasteiger partial charge in [0.25, 0.3) is 0 Å². The molecule has 0 unspecified atom stereocenters. The highest BCUT2D eigenvalue weighted by Crippen LogP contribution is 2.34. The molecule has 1 fully saturated rings. The summed E-state index contributed by atoms with van der Waals surface area (Å²) in [6.45, 7) is 0.937. The second-order valence-electron chi connectivity index (χ2n) is 5.36. The average Bonchev–Trinajstić information content (AvgIpc) is 2.40. The van der Waals surface area contributed by atoms with Gasteiger partial charge in [0.1, 0.15) is 0 Å². The predicted octanol–water partition coefficient (Wildman–Crippen LogP) is 2.02. The second kappa shape index (κ2) is 6.75. The van der Waals surface area contributed by atoms with Crippen LogP contribution in [0.3, 0.4) is 0 Å². The molecule has 1 aliphatic rings. The van der Waals surface area contributed by atoms with Gasteiger partial charge in [0.2, 0.25) is 10.0 Å². The Morgan fingerprint density at radius 1 is 1.38 bits per heavy atom. The smallest absolute Gasteiger partial charge is 0.241 e. The summed E-state index contributed by atoms with van der Waals surface area (Å²) in [4.78, 5) is 0.265. The molecule has 2 rings (SSSR count). The van der Waals surface area contributed by atoms with E-state index < -0.39 is 10.0 Å². The molecule has 0 bridgehead atoms. The van der Waals surface area contributed by atoms with Crippen molar-refractivity contribution in [2.24, 2.45) is 0 Å². The molecule has 1 aromatic rings. The molecule has 0 aromatic heterocycles. The van der Waals surface area contributed by atoms with Crippen LogP contribution in [0.5, 0.6) is 0 Å². The highest BCUT2D eigenvalue weighted by molar-refractivity contribution is 9.10. The summed E-state index contributed by atoms with van der Waals surface area (Å²) >= 11 is 3.32. The number of ether oxygens (including phenoxy) is 1. The molecule has 0 radical (unpaired) electrons. The lowest BCUT2D eigenvalue weighted by Crippen LogP contribution is -2.49. The third-order valence-corrected chi connectivity index (χ3v) is 6.34. The van der Waals surface area contributed by atoms with Crippen LogP contribution in [-0.4, -0.2) is 34.7 Å². The quantitative estimate of drug-likeness (QED) is 0.763. The fourth-order valence-corrected chi connectivity index (χ4v) is 4.52. The van der Waals surface area contributed by atoms with Crippen LogP contribution in [-0.2, 0) is 21.3 Å². The molecule has 0 amide bonds. The Kier molecular flexibility index (Phi) is 5.43. The highest BCUT2D eigenvalue weighted by atomic mass is 79.9. The molecule has 0 atom stereocenters. The molecule has 1 aliphatic carbocycles. The van der Waals surface area contributed by atoms with Crippen LogP contribution >= 0.6 is 15.9 Å². The predicted molar refractivity (Wildman–Crippen MR) is 85.7 cm³/mol. The molecule has 2 N–H and O–H groups in total. The van der Waals surface area contributed by atoms with Gasteiger partial charge in [0, 0.05) is 24.7 Å². The van der Waals surface area contributed by atoms with E-state index in [2.05, 4.69) is 26.0 Å². The van der Waals surface area contributed by atoms with Crippen molar-refractivity contribution in [1.29, 1.82) is 0 Å². The number of sulfonamides is 1. The van der Waals surface area contributed by atoms with E-state index in [9.17, 15) is 8.42 Å². The van der Waals surface area contributed by atoms with Crippen molar-refractivity contribution in [2.45, 2.75) is 36.3 Å². The summed E-state index contributed by atoms with van der Waals surface area (Å²) < 4.78 is 33.7. The van der Waals surface area contributed by atoms with E-state index in [1.807, 2.05) is 13.1 Å². The zero-order valence-electron chi connectivity index (χ0n) is 12.3. The zero-order valence-corrected chi connectivity index (χ0v) is 14.7. The van der Waals surface area contributed by atoms with Gasteiger partial charge in [-0.1, -0.05) is 6.07 Å². The lowest BCUT2D eigenvalue weighted by Gasteiger charge is -2.40. The maximum Gasteiger partial charge on any atom is 0.241 e. The maximum absolute atomic E-state index is 12.5. The van der Waals surface area contributed by atoms with E-state index in [0.717, 1.165) is 24.8 Å². The second-order valence-corrected chi connectivity index (χ2v) is 7.95. The summed E-state index contributed by atoms with van der Waals surface area (Å²) in [5, 5.41) is 3.02. The fourth-order valence-electron chi connectivity index (χ4n) is 2.40. The van der Waals surface area contributed by atoms with Crippen molar-refractivity contribution < 1.29 is 13.2 Å². The Bertz CT molecular complexity index is 595. The van der Waals surface area contributed by atoms with Crippen molar-refractivity contribution in [1.82, 2.24) is 10.0 Å². The molecule has 0 saturated heterocycles. The number of hydrogen-bond donors (Lipinski definition) is 2. The van der Waals surface area contributed by atoms with Crippen molar-refractivity contribution in [2.75, 3.05) is 20.7 Å². The van der Waals surface area contributed by atoms with Gasteiger partial charge in [0.05, 0.1) is 10.5 Å². The first-order valence-electron chi connectivity index (χ1n) is 6.90. The molecule has 0 heterocycles. The minimum absolute atomic E-state index is 0.265. The third-order valence-electron chi connectivity index (χ3n) is 3.95. The molecule has 21 heavy (non-hydrogen) atoms. The van der Waals surface area contributed by atoms with Crippen LogP contribution in [0.25, 0.3) is 0 Å². The summed E-state index contributed by atoms with van der Waals surface area (Å²) in [5.41, 5.74) is 0.591. The van der Waals surface area contributed by atoms with E-state index in [0.29, 0.717) is 17.6 Å². The van der Waals surface area contributed by atoms with Crippen molar-refractivity contribution in [3.8, 4) is 0 Å². The van der Waals surface area contributed by atoms with E-state index in [1.54, 1.807) is 19.2 Å². The number of rotatable bonds is 7. The largest absolute Gasteiger partial charge is 0.377 e. The van der Waals surface area contributed by atoms with Crippen LogP contribution in [0.15, 0.2) is 27.6 Å². The highest BCUT2D eigenvalue weighted by Gasteiger charge is 2.38. The van der Waals surface area contributed by atoms with Crippen LogP contribution in [0.4, 0.5) is 0 Å². The minimum Gasteiger partial charge on any atom is -0.377 e. The lowest BCUT2D eigenvalue weighted by atomic mass is 9.80. The SMILES string of the molecule is CNCc1ccc(Br)c(S(=O)(=O)NCC2(OC)CCC2)c1. The Morgan fingerprint density at radius 2 is 2.10 bits per heavy atom. The molecule has 1 aromatic carbocycles. The molecule has 1 saturated carbocycles. The lowest BCUT2D eigenvalue weighted by molar-refractivity contribution is -0.0659. The molecular weight excluding hydrogens is 356 g/mol. The van der Waals surface area contributed by atoms with Gasteiger partial charge in [-0.3, -0.25) is 0 Å². The first kappa shape index (κ1) is 16.9. The normalized spacial score (nSPS) is 17.5. The average molecular weight is 377 g/mol. The number of hydrogen-bond acceptors (Lipinski definition) is 4. The van der Waals surface area contributed by atoms with E-state index in [1.165, 1.54) is 0 Å². The monoisotopic (exact) mass is 376 g/mol. The molecule has 118 valence electrons. The van der Waals surface area contributed by atoms with E-state index >= 15 is 0 Å². The first-order valence-corrected chi connectivity index (χ1v) is 9.18. The standard InChI is InChI=1S/C14H21BrN2O3S/c1-16-9-11-4-5-12(15)13(8-11)21(18,19)17-10-14(20-2)6-3-7-14/h4-5,8,16-17H,3,6-7,9-10H2,1-2H3. The van der Waals surface area contributed by atoms with Crippen molar-refractivity contribution >= 4 is 26.0 Å². The fraction of sp³-hybridized carbons (Fsp3) is 0.571. The number of methoxy groups -OCH3 is 1. The van der Waals surface area contributed by atoms with Crippen LogP contribution in [0.2, 0.25) is 0 Å². The summed E-state index contributed by atoms with van der Waals surface area (Å²) in [6.07, 6.45) is 2.87. The van der Waals surface area contributed by atoms with Crippen molar-refractivity contribution in [3.05, 3.63) is 28.2 Å². The zero-order chi connectivity index (χ0) is 15.5. The maximum atomic E-state index is 12.5. The summed E-state index contributed by atoms with van der Waals surface area (Å²) in [6, 6.07) is 5.34. The number of benzene rings is 1. The van der Waals surface area contributed by atoms with Crippen LogP contribution in [0, 0.1) is 0 Å². The Morgan fingerprint density at radius 3 is 2.62 bits per heavy atom. The Labute approximate surface area is 134 Å². The van der Waals surface area contributed by atoms with E-state index in [-0.39, 0.29) is 10.5 Å². The molecule has 7 heteroatoms. The molecule has 0 spiro atoms. The Hall–Kier alpha value is -0.470. The van der Waals surface area contributed by atoms with Gasteiger partial charge in [-0.25, -0.2) is 13.1 Å². The molecular formula is C14H21BrN2O3S. The minimum atomic E-state index is -3.56.